The van der Waals surface area contributed by atoms with Crippen molar-refractivity contribution in [2.45, 2.75) is 20.0 Å². The molecule has 5 nitrogen and oxygen atoms in total. The zero-order valence-corrected chi connectivity index (χ0v) is 15.3. The molecule has 0 spiro atoms. The van der Waals surface area contributed by atoms with E-state index >= 15 is 0 Å². The molecule has 26 heavy (non-hydrogen) atoms. The highest BCUT2D eigenvalue weighted by Gasteiger charge is 2.25. The van der Waals surface area contributed by atoms with Gasteiger partial charge in [-0.25, -0.2) is 0 Å². The normalized spacial score (nSPS) is 16.1. The summed E-state index contributed by atoms with van der Waals surface area (Å²) in [7, 11) is 1.60. The van der Waals surface area contributed by atoms with Crippen LogP contribution in [0.5, 0.6) is 17.2 Å². The van der Waals surface area contributed by atoms with Crippen molar-refractivity contribution in [2.24, 2.45) is 0 Å². The van der Waals surface area contributed by atoms with Gasteiger partial charge in [-0.3, -0.25) is 4.79 Å². The average Bonchev–Trinajstić information content (AvgIpc) is 2.66. The minimum atomic E-state index is -0.0829. The second kappa shape index (κ2) is 7.95. The van der Waals surface area contributed by atoms with Crippen LogP contribution in [0.2, 0.25) is 0 Å². The number of amides is 1. The fourth-order valence-corrected chi connectivity index (χ4v) is 2.92. The van der Waals surface area contributed by atoms with Crippen LogP contribution < -0.4 is 19.1 Å². The van der Waals surface area contributed by atoms with Crippen molar-refractivity contribution in [3.8, 4) is 17.2 Å². The summed E-state index contributed by atoms with van der Waals surface area (Å²) in [5.41, 5.74) is 1.66. The fourth-order valence-electron chi connectivity index (χ4n) is 2.92. The monoisotopic (exact) mass is 353 g/mol. The molecule has 0 aliphatic carbocycles. The third kappa shape index (κ3) is 3.82. The maximum atomic E-state index is 12.7. The molecule has 0 N–H and O–H groups in total. The Morgan fingerprint density at radius 3 is 2.85 bits per heavy atom. The van der Waals surface area contributed by atoms with Gasteiger partial charge in [0.25, 0.3) is 5.91 Å². The highest BCUT2D eigenvalue weighted by atomic mass is 16.5. The van der Waals surface area contributed by atoms with E-state index in [9.17, 15) is 4.79 Å². The van der Waals surface area contributed by atoms with E-state index in [0.717, 1.165) is 17.0 Å². The number of fused-ring (bicyclic) bond motifs is 1. The fraction of sp³-hybridized carbons (Fsp3) is 0.286. The van der Waals surface area contributed by atoms with Crippen molar-refractivity contribution in [3.05, 3.63) is 54.1 Å². The van der Waals surface area contributed by atoms with E-state index in [1.165, 1.54) is 0 Å². The number of carbonyl (C=O) groups is 1. The Kier molecular flexibility index (Phi) is 5.46. The molecule has 0 bridgehead atoms. The number of hydrogen-bond acceptors (Lipinski definition) is 4. The Morgan fingerprint density at radius 1 is 1.27 bits per heavy atom. The Morgan fingerprint density at radius 2 is 2.08 bits per heavy atom. The Hall–Kier alpha value is -2.95. The van der Waals surface area contributed by atoms with Crippen LogP contribution in [0.4, 0.5) is 5.69 Å². The lowest BCUT2D eigenvalue weighted by Gasteiger charge is -2.32. The maximum absolute atomic E-state index is 12.7. The minimum absolute atomic E-state index is 0.0483. The van der Waals surface area contributed by atoms with Gasteiger partial charge >= 0.3 is 0 Å². The number of nitrogens with zero attached hydrogens (tertiary/aromatic N) is 1. The maximum Gasteiger partial charge on any atom is 0.251 e. The molecule has 1 amide bonds. The van der Waals surface area contributed by atoms with Crippen LogP contribution in [-0.4, -0.2) is 32.3 Å². The molecule has 1 aliphatic heterocycles. The molecule has 0 saturated heterocycles. The first-order valence-electron chi connectivity index (χ1n) is 8.68. The minimum Gasteiger partial charge on any atom is -0.493 e. The average molecular weight is 353 g/mol. The molecule has 5 heteroatoms. The Balaban J connectivity index is 1.80. The second-order valence-electron chi connectivity index (χ2n) is 6.02. The van der Waals surface area contributed by atoms with Gasteiger partial charge in [-0.1, -0.05) is 18.2 Å². The summed E-state index contributed by atoms with van der Waals surface area (Å²) in [6.45, 7) is 4.97. The number of para-hydroxylation sites is 2. The van der Waals surface area contributed by atoms with Gasteiger partial charge in [0.2, 0.25) is 0 Å². The quantitative estimate of drug-likeness (QED) is 0.765. The number of benzene rings is 2. The molecule has 0 radical (unpaired) electrons. The summed E-state index contributed by atoms with van der Waals surface area (Å²) in [5, 5.41) is 0. The first-order valence-corrected chi connectivity index (χ1v) is 8.68. The lowest BCUT2D eigenvalue weighted by molar-refractivity contribution is -0.114. The van der Waals surface area contributed by atoms with Crippen molar-refractivity contribution >= 4 is 17.7 Å². The van der Waals surface area contributed by atoms with E-state index in [-0.39, 0.29) is 12.0 Å². The van der Waals surface area contributed by atoms with E-state index in [2.05, 4.69) is 0 Å². The van der Waals surface area contributed by atoms with Crippen molar-refractivity contribution in [2.75, 3.05) is 25.2 Å². The van der Waals surface area contributed by atoms with E-state index in [1.807, 2.05) is 56.3 Å². The Bertz CT molecular complexity index is 815. The largest absolute Gasteiger partial charge is 0.493 e. The zero-order chi connectivity index (χ0) is 18.5. The van der Waals surface area contributed by atoms with Gasteiger partial charge in [-0.05, 0) is 49.8 Å². The molecule has 0 saturated carbocycles. The van der Waals surface area contributed by atoms with Gasteiger partial charge in [-0.15, -0.1) is 0 Å². The summed E-state index contributed by atoms with van der Waals surface area (Å²) >= 11 is 0. The molecular formula is C21H23NO4. The van der Waals surface area contributed by atoms with Crippen molar-refractivity contribution in [3.63, 3.8) is 0 Å². The van der Waals surface area contributed by atoms with E-state index in [1.54, 1.807) is 24.2 Å². The first-order chi connectivity index (χ1) is 12.6. The number of methoxy groups -OCH3 is 1. The Labute approximate surface area is 153 Å². The van der Waals surface area contributed by atoms with Gasteiger partial charge in [0.15, 0.2) is 11.5 Å². The third-order valence-corrected chi connectivity index (χ3v) is 4.10. The number of rotatable bonds is 5. The van der Waals surface area contributed by atoms with Gasteiger partial charge < -0.3 is 19.1 Å². The number of ether oxygens (including phenoxy) is 3. The SMILES string of the molecule is CCOc1ccc(/C=C/C(=O)N2CC(C)Oc3ccccc32)cc1OC. The summed E-state index contributed by atoms with van der Waals surface area (Å²) in [5.74, 6) is 1.98. The lowest BCUT2D eigenvalue weighted by atomic mass is 10.1. The van der Waals surface area contributed by atoms with Crippen LogP contribution in [-0.2, 0) is 4.79 Å². The molecule has 136 valence electrons. The highest BCUT2D eigenvalue weighted by Crippen LogP contribution is 2.33. The van der Waals surface area contributed by atoms with Crippen LogP contribution in [0.1, 0.15) is 19.4 Å². The van der Waals surface area contributed by atoms with E-state index in [0.29, 0.717) is 24.7 Å². The van der Waals surface area contributed by atoms with Crippen molar-refractivity contribution in [1.29, 1.82) is 0 Å². The summed E-state index contributed by atoms with van der Waals surface area (Å²) in [6, 6.07) is 13.2. The predicted octanol–water partition coefficient (Wildman–Crippen LogP) is 3.92. The molecule has 1 unspecified atom stereocenters. The van der Waals surface area contributed by atoms with Gasteiger partial charge in [0.1, 0.15) is 11.9 Å². The molecule has 0 fully saturated rings. The number of carbonyl (C=O) groups excluding carboxylic acids is 1. The third-order valence-electron chi connectivity index (χ3n) is 4.10. The number of hydrogen-bond donors (Lipinski definition) is 0. The van der Waals surface area contributed by atoms with E-state index < -0.39 is 0 Å². The summed E-state index contributed by atoms with van der Waals surface area (Å²) in [4.78, 5) is 14.5. The second-order valence-corrected chi connectivity index (χ2v) is 6.02. The highest BCUT2D eigenvalue weighted by molar-refractivity contribution is 6.05. The lowest BCUT2D eigenvalue weighted by Crippen LogP contribution is -2.41. The predicted molar refractivity (Wildman–Crippen MR) is 102 cm³/mol. The van der Waals surface area contributed by atoms with Gasteiger partial charge in [0.05, 0.1) is 25.9 Å². The van der Waals surface area contributed by atoms with Gasteiger partial charge in [-0.2, -0.15) is 0 Å². The van der Waals surface area contributed by atoms with Crippen LogP contribution in [0, 0.1) is 0 Å². The van der Waals surface area contributed by atoms with Crippen molar-refractivity contribution < 1.29 is 19.0 Å². The van der Waals surface area contributed by atoms with Crippen LogP contribution in [0.25, 0.3) is 6.08 Å². The van der Waals surface area contributed by atoms with E-state index in [4.69, 9.17) is 14.2 Å². The summed E-state index contributed by atoms with van der Waals surface area (Å²) < 4.78 is 16.7. The summed E-state index contributed by atoms with van der Waals surface area (Å²) in [6.07, 6.45) is 3.31. The van der Waals surface area contributed by atoms with Crippen LogP contribution in [0.15, 0.2) is 48.5 Å². The van der Waals surface area contributed by atoms with Crippen LogP contribution in [0.3, 0.4) is 0 Å². The molecule has 2 aromatic carbocycles. The van der Waals surface area contributed by atoms with Crippen LogP contribution >= 0.6 is 0 Å². The zero-order valence-electron chi connectivity index (χ0n) is 15.3. The number of anilines is 1. The standard InChI is InChI=1S/C21H23NO4/c1-4-25-19-11-9-16(13-20(19)24-3)10-12-21(23)22-14-15(2)26-18-8-6-5-7-17(18)22/h5-13,15H,4,14H2,1-3H3/b12-10+. The smallest absolute Gasteiger partial charge is 0.251 e. The molecule has 1 heterocycles. The molecule has 1 aliphatic rings. The molecule has 1 atom stereocenters. The molecule has 3 rings (SSSR count). The first kappa shape index (κ1) is 17.9. The molecule has 2 aromatic rings. The van der Waals surface area contributed by atoms with Crippen molar-refractivity contribution in [1.82, 2.24) is 0 Å². The molecule has 0 aromatic heterocycles. The van der Waals surface area contributed by atoms with Gasteiger partial charge in [0, 0.05) is 6.08 Å². The topological polar surface area (TPSA) is 48.0 Å². The molecular weight excluding hydrogens is 330 g/mol.